The minimum atomic E-state index is 0.265. The summed E-state index contributed by atoms with van der Waals surface area (Å²) in [6.07, 6.45) is 0.865. The van der Waals surface area contributed by atoms with E-state index in [0.717, 1.165) is 36.5 Å². The second-order valence-electron chi connectivity index (χ2n) is 4.23. The number of aromatic nitrogens is 2. The maximum absolute atomic E-state index is 5.94. The summed E-state index contributed by atoms with van der Waals surface area (Å²) in [6, 6.07) is 3.77. The fraction of sp³-hybridized carbons (Fsp3) is 0.333. The molecule has 0 radical (unpaired) electrons. The summed E-state index contributed by atoms with van der Waals surface area (Å²) >= 11 is 5.94. The fourth-order valence-corrected chi connectivity index (χ4v) is 2.22. The summed E-state index contributed by atoms with van der Waals surface area (Å²) in [5.41, 5.74) is 2.05. The normalized spacial score (nSPS) is 14.3. The van der Waals surface area contributed by atoms with E-state index >= 15 is 0 Å². The highest BCUT2D eigenvalue weighted by atomic mass is 35.5. The number of rotatable bonds is 2. The van der Waals surface area contributed by atoms with Crippen LogP contribution in [0.25, 0.3) is 0 Å². The Hall–Kier alpha value is -1.59. The SMILES string of the molecule is Cc1ccc(Nc2nc(Cl)nc3c2CNCC3)o1. The van der Waals surface area contributed by atoms with Crippen LogP contribution in [0.15, 0.2) is 16.5 Å². The highest BCUT2D eigenvalue weighted by Crippen LogP contribution is 2.25. The molecule has 0 aliphatic carbocycles. The van der Waals surface area contributed by atoms with Gasteiger partial charge in [0.15, 0.2) is 5.88 Å². The number of hydrogen-bond acceptors (Lipinski definition) is 5. The first-order chi connectivity index (χ1) is 8.72. The molecule has 0 aromatic carbocycles. The average Bonchev–Trinajstić information content (AvgIpc) is 2.74. The van der Waals surface area contributed by atoms with E-state index in [2.05, 4.69) is 20.6 Å². The van der Waals surface area contributed by atoms with Crippen LogP contribution in [0.4, 0.5) is 11.7 Å². The smallest absolute Gasteiger partial charge is 0.224 e. The van der Waals surface area contributed by atoms with Gasteiger partial charge in [-0.3, -0.25) is 0 Å². The molecule has 0 fully saturated rings. The molecule has 2 aromatic rings. The fourth-order valence-electron chi connectivity index (χ4n) is 2.03. The zero-order chi connectivity index (χ0) is 12.5. The van der Waals surface area contributed by atoms with Gasteiger partial charge >= 0.3 is 0 Å². The van der Waals surface area contributed by atoms with Gasteiger partial charge in [-0.1, -0.05) is 0 Å². The summed E-state index contributed by atoms with van der Waals surface area (Å²) in [7, 11) is 0. The lowest BCUT2D eigenvalue weighted by Crippen LogP contribution is -2.26. The van der Waals surface area contributed by atoms with Gasteiger partial charge in [-0.25, -0.2) is 9.97 Å². The quantitative estimate of drug-likeness (QED) is 0.816. The molecular formula is C12H13ClN4O. The number of aryl methyl sites for hydroxylation is 1. The van der Waals surface area contributed by atoms with Crippen LogP contribution in [0.1, 0.15) is 17.0 Å². The van der Waals surface area contributed by atoms with E-state index < -0.39 is 0 Å². The Morgan fingerprint density at radius 1 is 1.39 bits per heavy atom. The van der Waals surface area contributed by atoms with Crippen molar-refractivity contribution in [1.29, 1.82) is 0 Å². The van der Waals surface area contributed by atoms with Crippen molar-refractivity contribution in [2.45, 2.75) is 19.9 Å². The van der Waals surface area contributed by atoms with Crippen LogP contribution in [0, 0.1) is 6.92 Å². The summed E-state index contributed by atoms with van der Waals surface area (Å²) in [5, 5.41) is 6.71. The number of anilines is 2. The van der Waals surface area contributed by atoms with Gasteiger partial charge in [-0.2, -0.15) is 0 Å². The molecule has 0 atom stereocenters. The minimum Gasteiger partial charge on any atom is -0.446 e. The van der Waals surface area contributed by atoms with Crippen molar-refractivity contribution in [2.24, 2.45) is 0 Å². The standard InChI is InChI=1S/C12H13ClN4O/c1-7-2-3-10(18-7)16-11-8-6-14-5-4-9(8)15-12(13)17-11/h2-3,14H,4-6H2,1H3,(H,15,16,17). The van der Waals surface area contributed by atoms with E-state index in [4.69, 9.17) is 16.0 Å². The van der Waals surface area contributed by atoms with Gasteiger partial charge < -0.3 is 15.1 Å². The topological polar surface area (TPSA) is 63.0 Å². The second kappa shape index (κ2) is 4.59. The van der Waals surface area contributed by atoms with E-state index in [9.17, 15) is 0 Å². The molecule has 94 valence electrons. The van der Waals surface area contributed by atoms with Crippen molar-refractivity contribution < 1.29 is 4.42 Å². The number of fused-ring (bicyclic) bond motifs is 1. The molecule has 6 heteroatoms. The number of hydrogen-bond donors (Lipinski definition) is 2. The van der Waals surface area contributed by atoms with Crippen molar-refractivity contribution in [1.82, 2.24) is 15.3 Å². The molecule has 3 heterocycles. The Labute approximate surface area is 110 Å². The summed E-state index contributed by atoms with van der Waals surface area (Å²) in [4.78, 5) is 8.50. The third-order valence-corrected chi connectivity index (χ3v) is 3.06. The Bertz CT molecular complexity index is 581. The van der Waals surface area contributed by atoms with Crippen molar-refractivity contribution in [3.8, 4) is 0 Å². The Morgan fingerprint density at radius 2 is 2.28 bits per heavy atom. The number of nitrogens with zero attached hydrogens (tertiary/aromatic N) is 2. The van der Waals surface area contributed by atoms with E-state index in [1.54, 1.807) is 0 Å². The number of furan rings is 1. The van der Waals surface area contributed by atoms with Crippen LogP contribution in [-0.4, -0.2) is 16.5 Å². The molecule has 18 heavy (non-hydrogen) atoms. The van der Waals surface area contributed by atoms with E-state index in [1.165, 1.54) is 0 Å². The van der Waals surface area contributed by atoms with Gasteiger partial charge in [0, 0.05) is 31.1 Å². The monoisotopic (exact) mass is 264 g/mol. The molecule has 0 amide bonds. The van der Waals surface area contributed by atoms with Crippen LogP contribution < -0.4 is 10.6 Å². The van der Waals surface area contributed by atoms with Crippen LogP contribution in [0.2, 0.25) is 5.28 Å². The molecule has 5 nitrogen and oxygen atoms in total. The van der Waals surface area contributed by atoms with Crippen LogP contribution in [-0.2, 0) is 13.0 Å². The lowest BCUT2D eigenvalue weighted by atomic mass is 10.1. The van der Waals surface area contributed by atoms with Gasteiger partial charge in [-0.15, -0.1) is 0 Å². The first kappa shape index (κ1) is 11.5. The molecule has 1 aliphatic rings. The highest BCUT2D eigenvalue weighted by molar-refractivity contribution is 6.28. The predicted octanol–water partition coefficient (Wildman–Crippen LogP) is 2.42. The largest absolute Gasteiger partial charge is 0.446 e. The molecule has 2 N–H and O–H groups in total. The van der Waals surface area contributed by atoms with Crippen molar-refractivity contribution >= 4 is 23.3 Å². The molecule has 3 rings (SSSR count). The van der Waals surface area contributed by atoms with Crippen LogP contribution >= 0.6 is 11.6 Å². The third kappa shape index (κ3) is 2.19. The highest BCUT2D eigenvalue weighted by Gasteiger charge is 2.17. The lowest BCUT2D eigenvalue weighted by Gasteiger charge is -2.19. The van der Waals surface area contributed by atoms with Crippen LogP contribution in [0.5, 0.6) is 0 Å². The van der Waals surface area contributed by atoms with Crippen molar-refractivity contribution in [2.75, 3.05) is 11.9 Å². The first-order valence-electron chi connectivity index (χ1n) is 5.82. The Morgan fingerprint density at radius 3 is 3.06 bits per heavy atom. The first-order valence-corrected chi connectivity index (χ1v) is 6.19. The third-order valence-electron chi connectivity index (χ3n) is 2.89. The van der Waals surface area contributed by atoms with Gasteiger partial charge in [-0.05, 0) is 24.6 Å². The molecule has 0 saturated carbocycles. The van der Waals surface area contributed by atoms with Gasteiger partial charge in [0.25, 0.3) is 0 Å². The lowest BCUT2D eigenvalue weighted by molar-refractivity contribution is 0.550. The number of halogens is 1. The van der Waals surface area contributed by atoms with E-state index in [0.29, 0.717) is 11.7 Å². The zero-order valence-corrected chi connectivity index (χ0v) is 10.7. The molecule has 0 saturated heterocycles. The van der Waals surface area contributed by atoms with Crippen molar-refractivity contribution in [3.05, 3.63) is 34.4 Å². The van der Waals surface area contributed by atoms with Crippen molar-refractivity contribution in [3.63, 3.8) is 0 Å². The minimum absolute atomic E-state index is 0.265. The molecule has 0 bridgehead atoms. The average molecular weight is 265 g/mol. The van der Waals surface area contributed by atoms with Gasteiger partial charge in [0.2, 0.25) is 5.28 Å². The Kier molecular flexibility index (Phi) is 2.93. The van der Waals surface area contributed by atoms with E-state index in [1.807, 2.05) is 19.1 Å². The van der Waals surface area contributed by atoms with E-state index in [-0.39, 0.29) is 5.28 Å². The zero-order valence-electron chi connectivity index (χ0n) is 9.96. The summed E-state index contributed by atoms with van der Waals surface area (Å²) in [6.45, 7) is 3.56. The maximum atomic E-state index is 5.94. The van der Waals surface area contributed by atoms with Crippen LogP contribution in [0.3, 0.4) is 0 Å². The molecule has 2 aromatic heterocycles. The molecule has 0 spiro atoms. The predicted molar refractivity (Wildman–Crippen MR) is 69.2 cm³/mol. The maximum Gasteiger partial charge on any atom is 0.224 e. The second-order valence-corrected chi connectivity index (χ2v) is 4.57. The molecule has 1 aliphatic heterocycles. The number of nitrogens with one attached hydrogen (secondary N) is 2. The summed E-state index contributed by atoms with van der Waals surface area (Å²) in [5.74, 6) is 2.23. The molecule has 0 unspecified atom stereocenters. The Balaban J connectivity index is 1.98. The van der Waals surface area contributed by atoms with Gasteiger partial charge in [0.05, 0.1) is 5.69 Å². The van der Waals surface area contributed by atoms with Gasteiger partial charge in [0.1, 0.15) is 11.6 Å². The molecular weight excluding hydrogens is 252 g/mol. The summed E-state index contributed by atoms with van der Waals surface area (Å²) < 4.78 is 5.48.